The lowest BCUT2D eigenvalue weighted by molar-refractivity contribution is 0.107. The largest absolute Gasteiger partial charge is 0.468 e. The third-order valence-corrected chi connectivity index (χ3v) is 4.53. The maximum atomic E-state index is 5.84. The Kier molecular flexibility index (Phi) is 3.99. The summed E-state index contributed by atoms with van der Waals surface area (Å²) in [6, 6.07) is 4.00. The van der Waals surface area contributed by atoms with E-state index in [0.717, 1.165) is 56.6 Å². The molecule has 2 aliphatic rings. The van der Waals surface area contributed by atoms with Crippen LogP contribution in [0.3, 0.4) is 0 Å². The normalized spacial score (nSPS) is 19.1. The van der Waals surface area contributed by atoms with Crippen molar-refractivity contribution in [1.29, 1.82) is 0 Å². The lowest BCUT2D eigenvalue weighted by Crippen LogP contribution is -2.23. The van der Waals surface area contributed by atoms with Crippen molar-refractivity contribution in [2.75, 3.05) is 13.2 Å². The van der Waals surface area contributed by atoms with Gasteiger partial charge in [0.05, 0.1) is 37.1 Å². The Bertz CT molecular complexity index is 601. The van der Waals surface area contributed by atoms with Gasteiger partial charge in [0.15, 0.2) is 0 Å². The van der Waals surface area contributed by atoms with Crippen LogP contribution in [0.25, 0.3) is 0 Å². The van der Waals surface area contributed by atoms with Crippen molar-refractivity contribution in [2.24, 2.45) is 5.92 Å². The molecule has 2 aromatic rings. The monoisotopic (exact) mass is 301 g/mol. The lowest BCUT2D eigenvalue weighted by atomic mass is 10.3. The number of hydrogen-bond donors (Lipinski definition) is 0. The molecule has 0 N–H and O–H groups in total. The number of rotatable bonds is 6. The van der Waals surface area contributed by atoms with E-state index in [-0.39, 0.29) is 0 Å². The first kappa shape index (κ1) is 14.0. The predicted octanol–water partition coefficient (Wildman–Crippen LogP) is 2.81. The summed E-state index contributed by atoms with van der Waals surface area (Å²) in [5.41, 5.74) is 2.41. The van der Waals surface area contributed by atoms with Crippen LogP contribution in [-0.2, 0) is 31.0 Å². The van der Waals surface area contributed by atoms with E-state index in [0.29, 0.717) is 6.61 Å². The van der Waals surface area contributed by atoms with Crippen molar-refractivity contribution in [3.05, 3.63) is 41.9 Å². The molecule has 3 heterocycles. The highest BCUT2D eigenvalue weighted by Gasteiger charge is 2.23. The summed E-state index contributed by atoms with van der Waals surface area (Å²) < 4.78 is 13.6. The number of fused-ring (bicyclic) bond motifs is 1. The third-order valence-electron chi connectivity index (χ3n) is 4.53. The Labute approximate surface area is 130 Å². The van der Waals surface area contributed by atoms with Crippen molar-refractivity contribution in [3.63, 3.8) is 0 Å². The molecule has 0 radical (unpaired) electrons. The molecule has 5 heteroatoms. The number of furan rings is 1. The molecule has 0 spiro atoms. The average Bonchev–Trinajstić information content (AvgIpc) is 3.13. The van der Waals surface area contributed by atoms with Crippen LogP contribution in [0.15, 0.2) is 29.1 Å². The molecule has 1 aliphatic heterocycles. The van der Waals surface area contributed by atoms with Gasteiger partial charge in [0.25, 0.3) is 0 Å². The van der Waals surface area contributed by atoms with E-state index in [1.54, 1.807) is 6.26 Å². The minimum Gasteiger partial charge on any atom is -0.468 e. The molecule has 0 atom stereocenters. The fourth-order valence-corrected chi connectivity index (χ4v) is 3.06. The summed E-state index contributed by atoms with van der Waals surface area (Å²) in [5, 5.41) is 0. The predicted molar refractivity (Wildman–Crippen MR) is 82.0 cm³/mol. The minimum atomic E-state index is 0.646. The second kappa shape index (κ2) is 6.26. The Morgan fingerprint density at radius 1 is 1.32 bits per heavy atom. The van der Waals surface area contributed by atoms with Gasteiger partial charge < -0.3 is 13.7 Å². The highest BCUT2D eigenvalue weighted by atomic mass is 16.5. The zero-order valence-electron chi connectivity index (χ0n) is 12.9. The van der Waals surface area contributed by atoms with Gasteiger partial charge in [-0.25, -0.2) is 4.98 Å². The van der Waals surface area contributed by atoms with Crippen molar-refractivity contribution in [3.8, 4) is 0 Å². The summed E-state index contributed by atoms with van der Waals surface area (Å²) in [6.45, 7) is 5.45. The zero-order chi connectivity index (χ0) is 14.8. The first-order chi connectivity index (χ1) is 10.9. The highest BCUT2D eigenvalue weighted by molar-refractivity contribution is 5.14. The van der Waals surface area contributed by atoms with Gasteiger partial charge in [-0.3, -0.25) is 4.90 Å². The van der Waals surface area contributed by atoms with E-state index in [2.05, 4.69) is 14.5 Å². The van der Waals surface area contributed by atoms with Crippen molar-refractivity contribution in [2.45, 2.75) is 45.5 Å². The van der Waals surface area contributed by atoms with Gasteiger partial charge in [0.1, 0.15) is 5.76 Å². The van der Waals surface area contributed by atoms with Gasteiger partial charge in [-0.05, 0) is 37.3 Å². The number of aryl methyl sites for hydroxylation is 1. The van der Waals surface area contributed by atoms with E-state index in [1.165, 1.54) is 18.5 Å². The summed E-state index contributed by atoms with van der Waals surface area (Å²) in [6.07, 6.45) is 7.53. The number of aromatic nitrogens is 2. The number of ether oxygens (including phenoxy) is 1. The van der Waals surface area contributed by atoms with E-state index in [1.807, 2.05) is 18.5 Å². The van der Waals surface area contributed by atoms with Crippen molar-refractivity contribution < 1.29 is 9.15 Å². The van der Waals surface area contributed by atoms with Gasteiger partial charge in [0, 0.05) is 26.2 Å². The molecule has 118 valence electrons. The summed E-state index contributed by atoms with van der Waals surface area (Å²) in [7, 11) is 0. The molecule has 0 saturated heterocycles. The molecule has 1 aliphatic carbocycles. The molecule has 0 unspecified atom stereocenters. The first-order valence-electron chi connectivity index (χ1n) is 8.24. The van der Waals surface area contributed by atoms with Crippen LogP contribution in [0.4, 0.5) is 0 Å². The Hall–Kier alpha value is -1.59. The fraction of sp³-hybridized carbons (Fsp3) is 0.588. The molecule has 4 rings (SSSR count). The summed E-state index contributed by atoms with van der Waals surface area (Å²) >= 11 is 0. The van der Waals surface area contributed by atoms with E-state index in [9.17, 15) is 0 Å². The summed E-state index contributed by atoms with van der Waals surface area (Å²) in [4.78, 5) is 7.01. The number of hydrogen-bond acceptors (Lipinski definition) is 4. The van der Waals surface area contributed by atoms with Gasteiger partial charge in [-0.1, -0.05) is 0 Å². The smallest absolute Gasteiger partial charge is 0.117 e. The maximum Gasteiger partial charge on any atom is 0.117 e. The molecule has 1 fully saturated rings. The van der Waals surface area contributed by atoms with Crippen LogP contribution in [0.1, 0.15) is 36.4 Å². The van der Waals surface area contributed by atoms with Gasteiger partial charge in [-0.2, -0.15) is 0 Å². The molecule has 0 amide bonds. The molecule has 22 heavy (non-hydrogen) atoms. The van der Waals surface area contributed by atoms with E-state index >= 15 is 0 Å². The molecular weight excluding hydrogens is 278 g/mol. The quantitative estimate of drug-likeness (QED) is 0.823. The summed E-state index contributed by atoms with van der Waals surface area (Å²) in [5.74, 6) is 1.83. The average molecular weight is 301 g/mol. The lowest BCUT2D eigenvalue weighted by Gasteiger charge is -2.18. The van der Waals surface area contributed by atoms with Crippen LogP contribution in [0.5, 0.6) is 0 Å². The molecule has 5 nitrogen and oxygen atoms in total. The fourth-order valence-electron chi connectivity index (χ4n) is 3.06. The van der Waals surface area contributed by atoms with Crippen LogP contribution in [-0.4, -0.2) is 27.6 Å². The maximum absolute atomic E-state index is 5.84. The Morgan fingerprint density at radius 3 is 3.09 bits per heavy atom. The van der Waals surface area contributed by atoms with E-state index < -0.39 is 0 Å². The second-order valence-corrected chi connectivity index (χ2v) is 6.43. The standard InChI is InChI=1S/C17H23N3O2/c1-3-15(22-8-1)9-19-6-2-7-20-13-18-16(17(20)10-19)12-21-11-14-4-5-14/h1,3,8,13-14H,2,4-7,9-12H2. The zero-order valence-corrected chi connectivity index (χ0v) is 12.9. The van der Waals surface area contributed by atoms with E-state index in [4.69, 9.17) is 9.15 Å². The van der Waals surface area contributed by atoms with Crippen LogP contribution >= 0.6 is 0 Å². The van der Waals surface area contributed by atoms with Crippen LogP contribution in [0, 0.1) is 5.92 Å². The van der Waals surface area contributed by atoms with Gasteiger partial charge >= 0.3 is 0 Å². The van der Waals surface area contributed by atoms with Crippen LogP contribution in [0.2, 0.25) is 0 Å². The van der Waals surface area contributed by atoms with Crippen molar-refractivity contribution in [1.82, 2.24) is 14.5 Å². The second-order valence-electron chi connectivity index (χ2n) is 6.43. The first-order valence-corrected chi connectivity index (χ1v) is 8.24. The van der Waals surface area contributed by atoms with Crippen LogP contribution < -0.4 is 0 Å². The molecule has 2 aromatic heterocycles. The Balaban J connectivity index is 1.42. The molecule has 1 saturated carbocycles. The third kappa shape index (κ3) is 3.25. The Morgan fingerprint density at radius 2 is 2.27 bits per heavy atom. The molecule has 0 bridgehead atoms. The van der Waals surface area contributed by atoms with Crippen molar-refractivity contribution >= 4 is 0 Å². The molecular formula is C17H23N3O2. The minimum absolute atomic E-state index is 0.646. The number of nitrogens with zero attached hydrogens (tertiary/aromatic N) is 3. The SMILES string of the molecule is c1coc(CN2CCCn3cnc(COCC4CC4)c3C2)c1. The number of imidazole rings is 1. The topological polar surface area (TPSA) is 43.4 Å². The highest BCUT2D eigenvalue weighted by Crippen LogP contribution is 2.29. The molecule has 0 aromatic carbocycles. The van der Waals surface area contributed by atoms with Gasteiger partial charge in [0.2, 0.25) is 0 Å². The van der Waals surface area contributed by atoms with Gasteiger partial charge in [-0.15, -0.1) is 0 Å².